The lowest BCUT2D eigenvalue weighted by Crippen LogP contribution is -2.30. The van der Waals surface area contributed by atoms with Gasteiger partial charge in [-0.25, -0.2) is 0 Å². The highest BCUT2D eigenvalue weighted by molar-refractivity contribution is 5.81. The number of nitrogens with zero attached hydrogens (tertiary/aromatic N) is 1. The van der Waals surface area contributed by atoms with Crippen LogP contribution in [0.5, 0.6) is 0 Å². The summed E-state index contributed by atoms with van der Waals surface area (Å²) in [5.41, 5.74) is 1.38. The molecule has 0 radical (unpaired) electrons. The van der Waals surface area contributed by atoms with E-state index in [1.165, 1.54) is 5.56 Å². The van der Waals surface area contributed by atoms with Crippen molar-refractivity contribution in [2.45, 2.75) is 25.8 Å². The molecule has 0 bridgehead atoms. The van der Waals surface area contributed by atoms with Gasteiger partial charge >= 0.3 is 0 Å². The molecule has 2 rings (SSSR count). The van der Waals surface area contributed by atoms with E-state index in [0.717, 1.165) is 19.4 Å². The quantitative estimate of drug-likeness (QED) is 0.773. The van der Waals surface area contributed by atoms with Crippen molar-refractivity contribution in [2.24, 2.45) is 5.92 Å². The van der Waals surface area contributed by atoms with Crippen LogP contribution in [-0.4, -0.2) is 30.3 Å². The van der Waals surface area contributed by atoms with Crippen LogP contribution >= 0.6 is 0 Å². The van der Waals surface area contributed by atoms with Crippen LogP contribution in [0.25, 0.3) is 0 Å². The Morgan fingerprint density at radius 2 is 2.06 bits per heavy atom. The molecule has 1 aliphatic rings. The van der Waals surface area contributed by atoms with E-state index in [0.29, 0.717) is 11.7 Å². The highest BCUT2D eigenvalue weighted by Crippen LogP contribution is 2.25. The molecule has 1 aliphatic heterocycles. The van der Waals surface area contributed by atoms with Crippen LogP contribution in [0, 0.1) is 5.92 Å². The molecule has 16 heavy (non-hydrogen) atoms. The van der Waals surface area contributed by atoms with Crippen molar-refractivity contribution < 1.29 is 4.79 Å². The minimum Gasteiger partial charge on any atom is -0.298 e. The lowest BCUT2D eigenvalue weighted by atomic mass is 9.96. The maximum atomic E-state index is 11.4. The van der Waals surface area contributed by atoms with Gasteiger partial charge in [-0.2, -0.15) is 0 Å². The van der Waals surface area contributed by atoms with Gasteiger partial charge in [0.25, 0.3) is 0 Å². The van der Waals surface area contributed by atoms with Crippen LogP contribution in [0.2, 0.25) is 0 Å². The summed E-state index contributed by atoms with van der Waals surface area (Å²) in [5, 5.41) is 0. The summed E-state index contributed by atoms with van der Waals surface area (Å²) in [5.74, 6) is 0.930. The Bertz CT molecular complexity index is 360. The van der Waals surface area contributed by atoms with Gasteiger partial charge in [0.15, 0.2) is 0 Å². The van der Waals surface area contributed by atoms with E-state index < -0.39 is 0 Å². The number of rotatable bonds is 3. The number of Topliss-reactive ketones (excluding diaryl/α,β-unsaturated/α-hetero) is 1. The molecule has 1 heterocycles. The highest BCUT2D eigenvalue weighted by atomic mass is 16.1. The Hall–Kier alpha value is -1.15. The first kappa shape index (κ1) is 11.3. The zero-order chi connectivity index (χ0) is 11.5. The van der Waals surface area contributed by atoms with E-state index >= 15 is 0 Å². The number of hydrogen-bond donors (Lipinski definition) is 0. The van der Waals surface area contributed by atoms with E-state index in [1.54, 1.807) is 6.92 Å². The Kier molecular flexibility index (Phi) is 3.39. The van der Waals surface area contributed by atoms with Gasteiger partial charge in [-0.15, -0.1) is 0 Å². The summed E-state index contributed by atoms with van der Waals surface area (Å²) >= 11 is 0. The second-order valence-electron chi connectivity index (χ2n) is 4.86. The van der Waals surface area contributed by atoms with Crippen LogP contribution in [-0.2, 0) is 11.2 Å². The van der Waals surface area contributed by atoms with E-state index in [2.05, 4.69) is 36.2 Å². The van der Waals surface area contributed by atoms with E-state index in [1.807, 2.05) is 6.07 Å². The second-order valence-corrected chi connectivity index (χ2v) is 4.86. The first-order chi connectivity index (χ1) is 7.66. The first-order valence-corrected chi connectivity index (χ1v) is 5.91. The molecule has 2 nitrogen and oxygen atoms in total. The fourth-order valence-electron chi connectivity index (χ4n) is 2.68. The summed E-state index contributed by atoms with van der Waals surface area (Å²) in [4.78, 5) is 13.6. The molecule has 2 unspecified atom stereocenters. The SMILES string of the molecule is CC(=O)C1CC(Cc2ccccc2)CN1C. The number of likely N-dealkylation sites (tertiary alicyclic amines) is 1. The third-order valence-electron chi connectivity index (χ3n) is 3.47. The molecule has 86 valence electrons. The molecule has 0 saturated carbocycles. The van der Waals surface area contributed by atoms with Gasteiger partial charge in [0.1, 0.15) is 5.78 Å². The van der Waals surface area contributed by atoms with Crippen molar-refractivity contribution in [3.63, 3.8) is 0 Å². The molecule has 0 spiro atoms. The number of benzene rings is 1. The van der Waals surface area contributed by atoms with Crippen molar-refractivity contribution in [1.29, 1.82) is 0 Å². The van der Waals surface area contributed by atoms with E-state index in [-0.39, 0.29) is 6.04 Å². The Balaban J connectivity index is 1.96. The number of carbonyl (C=O) groups is 1. The Morgan fingerprint density at radius 3 is 2.62 bits per heavy atom. The van der Waals surface area contributed by atoms with Crippen LogP contribution < -0.4 is 0 Å². The van der Waals surface area contributed by atoms with Crippen LogP contribution in [0.3, 0.4) is 0 Å². The smallest absolute Gasteiger partial charge is 0.146 e. The van der Waals surface area contributed by atoms with Crippen molar-refractivity contribution >= 4 is 5.78 Å². The Labute approximate surface area is 97.3 Å². The highest BCUT2D eigenvalue weighted by Gasteiger charge is 2.31. The topological polar surface area (TPSA) is 20.3 Å². The molecule has 1 saturated heterocycles. The number of carbonyl (C=O) groups excluding carboxylic acids is 1. The lowest BCUT2D eigenvalue weighted by Gasteiger charge is -2.14. The summed E-state index contributed by atoms with van der Waals surface area (Å²) in [7, 11) is 2.05. The van der Waals surface area contributed by atoms with Gasteiger partial charge in [-0.3, -0.25) is 9.69 Å². The molecule has 2 atom stereocenters. The summed E-state index contributed by atoms with van der Waals surface area (Å²) in [6.07, 6.45) is 2.11. The van der Waals surface area contributed by atoms with Gasteiger partial charge in [0.2, 0.25) is 0 Å². The molecule has 0 aliphatic carbocycles. The van der Waals surface area contributed by atoms with E-state index in [9.17, 15) is 4.79 Å². The molecule has 1 aromatic rings. The minimum absolute atomic E-state index is 0.147. The van der Waals surface area contributed by atoms with Gasteiger partial charge in [-0.05, 0) is 38.3 Å². The van der Waals surface area contributed by atoms with Crippen molar-refractivity contribution in [1.82, 2.24) is 4.90 Å². The van der Waals surface area contributed by atoms with Crippen molar-refractivity contribution in [3.05, 3.63) is 35.9 Å². The summed E-state index contributed by atoms with van der Waals surface area (Å²) < 4.78 is 0. The largest absolute Gasteiger partial charge is 0.298 e. The molecule has 1 aromatic carbocycles. The third-order valence-corrected chi connectivity index (χ3v) is 3.47. The zero-order valence-corrected chi connectivity index (χ0v) is 10.0. The molecular formula is C14H19NO. The monoisotopic (exact) mass is 217 g/mol. The first-order valence-electron chi connectivity index (χ1n) is 5.91. The van der Waals surface area contributed by atoms with Crippen LogP contribution in [0.1, 0.15) is 18.9 Å². The zero-order valence-electron chi connectivity index (χ0n) is 10.0. The maximum Gasteiger partial charge on any atom is 0.146 e. The predicted molar refractivity (Wildman–Crippen MR) is 65.4 cm³/mol. The number of ketones is 1. The molecule has 0 N–H and O–H groups in total. The molecule has 1 fully saturated rings. The summed E-state index contributed by atoms with van der Waals surface area (Å²) in [6, 6.07) is 10.7. The Morgan fingerprint density at radius 1 is 1.38 bits per heavy atom. The summed E-state index contributed by atoms with van der Waals surface area (Å²) in [6.45, 7) is 2.74. The van der Waals surface area contributed by atoms with Crippen molar-refractivity contribution in [3.8, 4) is 0 Å². The minimum atomic E-state index is 0.147. The fraction of sp³-hybridized carbons (Fsp3) is 0.500. The average molecular weight is 217 g/mol. The second kappa shape index (κ2) is 4.79. The van der Waals surface area contributed by atoms with Crippen molar-refractivity contribution in [2.75, 3.05) is 13.6 Å². The van der Waals surface area contributed by atoms with Gasteiger partial charge in [0, 0.05) is 6.54 Å². The molecule has 0 aromatic heterocycles. The fourth-order valence-corrected chi connectivity index (χ4v) is 2.68. The molecule has 2 heteroatoms. The average Bonchev–Trinajstić information content (AvgIpc) is 2.61. The van der Waals surface area contributed by atoms with Gasteiger partial charge in [0.05, 0.1) is 6.04 Å². The van der Waals surface area contributed by atoms with Gasteiger partial charge < -0.3 is 0 Å². The standard InChI is InChI=1S/C14H19NO/c1-11(16)14-9-13(10-15(14)2)8-12-6-4-3-5-7-12/h3-7,13-14H,8-10H2,1-2H3. The molecular weight excluding hydrogens is 198 g/mol. The predicted octanol–water partition coefficient (Wildman–Crippen LogP) is 2.14. The van der Waals surface area contributed by atoms with Crippen LogP contribution in [0.15, 0.2) is 30.3 Å². The third kappa shape index (κ3) is 2.50. The lowest BCUT2D eigenvalue weighted by molar-refractivity contribution is -0.120. The normalized spacial score (nSPS) is 25.9. The van der Waals surface area contributed by atoms with Crippen LogP contribution in [0.4, 0.5) is 0 Å². The van der Waals surface area contributed by atoms with Gasteiger partial charge in [-0.1, -0.05) is 30.3 Å². The van der Waals surface area contributed by atoms with E-state index in [4.69, 9.17) is 0 Å². The molecule has 0 amide bonds. The number of likely N-dealkylation sites (N-methyl/N-ethyl adjacent to an activating group) is 1. The number of hydrogen-bond acceptors (Lipinski definition) is 2. The maximum absolute atomic E-state index is 11.4.